The van der Waals surface area contributed by atoms with E-state index < -0.39 is 41.4 Å². The molecule has 2 unspecified atom stereocenters. The number of ketones is 1. The van der Waals surface area contributed by atoms with Gasteiger partial charge in [-0.25, -0.2) is 4.79 Å². The first-order chi connectivity index (χ1) is 14.0. The number of benzene rings is 1. The molecule has 0 saturated carbocycles. The predicted octanol–water partition coefficient (Wildman–Crippen LogP) is 3.13. The van der Waals surface area contributed by atoms with Crippen molar-refractivity contribution in [1.29, 1.82) is 0 Å². The normalized spacial score (nSPS) is 18.7. The van der Waals surface area contributed by atoms with Crippen molar-refractivity contribution in [2.24, 2.45) is 10.9 Å². The van der Waals surface area contributed by atoms with Crippen LogP contribution >= 0.6 is 0 Å². The van der Waals surface area contributed by atoms with Gasteiger partial charge in [-0.1, -0.05) is 12.1 Å². The molecule has 1 aromatic rings. The lowest BCUT2D eigenvalue weighted by Crippen LogP contribution is -2.37. The van der Waals surface area contributed by atoms with Gasteiger partial charge >= 0.3 is 11.9 Å². The number of nitro benzene ring substituents is 1. The third-order valence-corrected chi connectivity index (χ3v) is 4.50. The number of allylic oxidation sites excluding steroid dienone is 1. The molecule has 9 nitrogen and oxygen atoms in total. The summed E-state index contributed by atoms with van der Waals surface area (Å²) in [4.78, 5) is 52.0. The molecule has 0 spiro atoms. The van der Waals surface area contributed by atoms with Gasteiger partial charge in [0.1, 0.15) is 12.5 Å². The number of aliphatic imine (C=N–C) groups is 1. The molecule has 0 radical (unpaired) electrons. The lowest BCUT2D eigenvalue weighted by molar-refractivity contribution is -0.384. The number of rotatable bonds is 7. The highest BCUT2D eigenvalue weighted by molar-refractivity contribution is 6.07. The summed E-state index contributed by atoms with van der Waals surface area (Å²) in [6.07, 6.45) is -0.406. The number of carbonyl (C=O) groups excluding carboxylic acids is 3. The standard InChI is InChI=1S/C21H24N2O7/c1-11(2)30-21(26)18-14(5)22-13(4)17(20(25)29-10-12(3)24)19(18)15-7-6-8-16(9-15)23(27)28/h6-9,11,18-19H,10H2,1-5H3. The predicted molar refractivity (Wildman–Crippen MR) is 108 cm³/mol. The van der Waals surface area contributed by atoms with Crippen LogP contribution in [0, 0.1) is 16.0 Å². The minimum Gasteiger partial charge on any atom is -0.462 e. The lowest BCUT2D eigenvalue weighted by atomic mass is 9.75. The summed E-state index contributed by atoms with van der Waals surface area (Å²) in [6, 6.07) is 5.70. The summed E-state index contributed by atoms with van der Waals surface area (Å²) in [7, 11) is 0. The zero-order valence-corrected chi connectivity index (χ0v) is 17.5. The van der Waals surface area contributed by atoms with Crippen molar-refractivity contribution >= 4 is 29.1 Å². The molecule has 160 valence electrons. The maximum absolute atomic E-state index is 12.9. The van der Waals surface area contributed by atoms with E-state index >= 15 is 0 Å². The first-order valence-corrected chi connectivity index (χ1v) is 9.40. The van der Waals surface area contributed by atoms with Gasteiger partial charge < -0.3 is 9.47 Å². The highest BCUT2D eigenvalue weighted by Crippen LogP contribution is 2.41. The third kappa shape index (κ3) is 5.16. The number of hydrogen-bond donors (Lipinski definition) is 0. The number of Topliss-reactive ketones (excluding diaryl/α,β-unsaturated/α-hetero) is 1. The van der Waals surface area contributed by atoms with Crippen LogP contribution in [0.15, 0.2) is 40.5 Å². The van der Waals surface area contributed by atoms with Gasteiger partial charge in [-0.15, -0.1) is 0 Å². The summed E-state index contributed by atoms with van der Waals surface area (Å²) < 4.78 is 10.5. The SMILES string of the molecule is CC(=O)COC(=O)C1=C(C)N=C(C)C(C(=O)OC(C)C)C1c1cccc([N+](=O)[O-])c1. The molecule has 30 heavy (non-hydrogen) atoms. The van der Waals surface area contributed by atoms with E-state index in [1.54, 1.807) is 33.8 Å². The summed E-state index contributed by atoms with van der Waals surface area (Å²) in [5.74, 6) is -3.64. The molecule has 1 aliphatic rings. The maximum atomic E-state index is 12.9. The van der Waals surface area contributed by atoms with Crippen molar-refractivity contribution < 1.29 is 28.8 Å². The van der Waals surface area contributed by atoms with Crippen LogP contribution in [0.3, 0.4) is 0 Å². The Kier molecular flexibility index (Phi) is 7.20. The number of nitro groups is 1. The second-order valence-corrected chi connectivity index (χ2v) is 7.32. The molecule has 2 atom stereocenters. The minimum absolute atomic E-state index is 0.0630. The van der Waals surface area contributed by atoms with E-state index in [1.165, 1.54) is 25.1 Å². The van der Waals surface area contributed by atoms with E-state index in [-0.39, 0.29) is 17.0 Å². The van der Waals surface area contributed by atoms with E-state index in [9.17, 15) is 24.5 Å². The number of esters is 2. The Morgan fingerprint density at radius 3 is 2.47 bits per heavy atom. The molecular formula is C21H24N2O7. The van der Waals surface area contributed by atoms with E-state index in [4.69, 9.17) is 9.47 Å². The van der Waals surface area contributed by atoms with Crippen LogP contribution in [0.25, 0.3) is 0 Å². The van der Waals surface area contributed by atoms with Crippen molar-refractivity contribution in [3.63, 3.8) is 0 Å². The largest absolute Gasteiger partial charge is 0.462 e. The summed E-state index contributed by atoms with van der Waals surface area (Å²) >= 11 is 0. The van der Waals surface area contributed by atoms with Gasteiger partial charge in [-0.05, 0) is 40.2 Å². The zero-order chi connectivity index (χ0) is 22.6. The second kappa shape index (κ2) is 9.43. The smallest absolute Gasteiger partial charge is 0.336 e. The van der Waals surface area contributed by atoms with Crippen molar-refractivity contribution in [2.45, 2.75) is 46.6 Å². The fourth-order valence-electron chi connectivity index (χ4n) is 3.35. The molecule has 0 fully saturated rings. The molecule has 0 N–H and O–H groups in total. The van der Waals surface area contributed by atoms with Crippen molar-refractivity contribution in [2.75, 3.05) is 6.61 Å². The molecule has 0 saturated heterocycles. The van der Waals surface area contributed by atoms with Crippen LogP contribution in [-0.4, -0.2) is 41.1 Å². The Labute approximate surface area is 173 Å². The number of non-ortho nitro benzene ring substituents is 1. The summed E-state index contributed by atoms with van der Waals surface area (Å²) in [6.45, 7) is 7.46. The highest BCUT2D eigenvalue weighted by atomic mass is 16.6. The Morgan fingerprint density at radius 1 is 1.23 bits per heavy atom. The van der Waals surface area contributed by atoms with Crippen LogP contribution in [0.5, 0.6) is 0 Å². The van der Waals surface area contributed by atoms with Crippen LogP contribution in [0.4, 0.5) is 5.69 Å². The molecule has 1 aliphatic heterocycles. The topological polar surface area (TPSA) is 125 Å². The lowest BCUT2D eigenvalue weighted by Gasteiger charge is -2.32. The molecule has 0 aromatic heterocycles. The number of nitrogens with zero attached hydrogens (tertiary/aromatic N) is 2. The van der Waals surface area contributed by atoms with E-state index in [0.717, 1.165) is 0 Å². The molecule has 0 amide bonds. The van der Waals surface area contributed by atoms with Gasteiger partial charge in [0.05, 0.1) is 16.6 Å². The molecule has 0 bridgehead atoms. The highest BCUT2D eigenvalue weighted by Gasteiger charge is 2.43. The third-order valence-electron chi connectivity index (χ3n) is 4.50. The quantitative estimate of drug-likeness (QED) is 0.380. The van der Waals surface area contributed by atoms with Gasteiger partial charge in [-0.3, -0.25) is 24.7 Å². The summed E-state index contributed by atoms with van der Waals surface area (Å²) in [5, 5.41) is 11.3. The minimum atomic E-state index is -0.974. The molecular weight excluding hydrogens is 392 g/mol. The first kappa shape index (κ1) is 22.9. The van der Waals surface area contributed by atoms with Crippen molar-refractivity contribution in [3.05, 3.63) is 51.2 Å². The number of hydrogen-bond acceptors (Lipinski definition) is 8. The Morgan fingerprint density at radius 2 is 1.90 bits per heavy atom. The Balaban J connectivity index is 2.63. The van der Waals surface area contributed by atoms with Gasteiger partial charge in [-0.2, -0.15) is 0 Å². The molecule has 1 heterocycles. The first-order valence-electron chi connectivity index (χ1n) is 9.40. The van der Waals surface area contributed by atoms with Crippen LogP contribution in [0.1, 0.15) is 46.1 Å². The van der Waals surface area contributed by atoms with Crippen LogP contribution in [0.2, 0.25) is 0 Å². The van der Waals surface area contributed by atoms with Gasteiger partial charge in [0, 0.05) is 29.5 Å². The molecule has 9 heteroatoms. The van der Waals surface area contributed by atoms with Crippen molar-refractivity contribution in [3.8, 4) is 0 Å². The Bertz CT molecular complexity index is 946. The fraction of sp³-hybridized carbons (Fsp3) is 0.429. The maximum Gasteiger partial charge on any atom is 0.336 e. The molecule has 0 aliphatic carbocycles. The summed E-state index contributed by atoms with van der Waals surface area (Å²) in [5.41, 5.74) is 0.980. The van der Waals surface area contributed by atoms with E-state index in [1.807, 2.05) is 0 Å². The average molecular weight is 416 g/mol. The number of ether oxygens (including phenoxy) is 2. The molecule has 1 aromatic carbocycles. The van der Waals surface area contributed by atoms with Crippen LogP contribution in [-0.2, 0) is 23.9 Å². The average Bonchev–Trinajstić information content (AvgIpc) is 2.64. The van der Waals surface area contributed by atoms with Gasteiger partial charge in [0.25, 0.3) is 5.69 Å². The van der Waals surface area contributed by atoms with E-state index in [2.05, 4.69) is 4.99 Å². The van der Waals surface area contributed by atoms with Gasteiger partial charge in [0.2, 0.25) is 0 Å². The second-order valence-electron chi connectivity index (χ2n) is 7.32. The Hall–Kier alpha value is -3.36. The fourth-order valence-corrected chi connectivity index (χ4v) is 3.35. The number of carbonyl (C=O) groups is 3. The zero-order valence-electron chi connectivity index (χ0n) is 17.5. The van der Waals surface area contributed by atoms with Gasteiger partial charge in [0.15, 0.2) is 5.78 Å². The van der Waals surface area contributed by atoms with Crippen LogP contribution < -0.4 is 0 Å². The monoisotopic (exact) mass is 416 g/mol. The van der Waals surface area contributed by atoms with Crippen molar-refractivity contribution in [1.82, 2.24) is 0 Å². The molecule has 2 rings (SSSR count). The van der Waals surface area contributed by atoms with E-state index in [0.29, 0.717) is 17.0 Å².